The molecule has 1 atom stereocenters. The summed E-state index contributed by atoms with van der Waals surface area (Å²) in [5.74, 6) is -0.421. The molecule has 1 aromatic rings. The summed E-state index contributed by atoms with van der Waals surface area (Å²) in [5.41, 5.74) is -0.0291. The SMILES string of the molecule is Cc1ccc2c(c1)NC(=O)C(C)(C(=O)N1CCC(C(=O)NC(C)C)CC1)O2. The Morgan fingerprint density at radius 2 is 1.96 bits per heavy atom. The first-order chi connectivity index (χ1) is 12.7. The minimum Gasteiger partial charge on any atom is -0.466 e. The number of carbonyl (C=O) groups is 3. The molecule has 1 fully saturated rings. The van der Waals surface area contributed by atoms with Crippen molar-refractivity contribution in [2.24, 2.45) is 5.92 Å². The maximum atomic E-state index is 13.1. The molecule has 0 radical (unpaired) electrons. The summed E-state index contributed by atoms with van der Waals surface area (Å²) in [4.78, 5) is 39.5. The van der Waals surface area contributed by atoms with E-state index in [0.29, 0.717) is 37.4 Å². The second kappa shape index (κ2) is 7.21. The fraction of sp³-hybridized carbons (Fsp3) is 0.550. The van der Waals surface area contributed by atoms with Gasteiger partial charge in [-0.25, -0.2) is 0 Å². The number of benzene rings is 1. The van der Waals surface area contributed by atoms with E-state index in [0.717, 1.165) is 5.56 Å². The van der Waals surface area contributed by atoms with Gasteiger partial charge in [0.05, 0.1) is 5.69 Å². The Kier molecular flexibility index (Phi) is 5.13. The smallest absolute Gasteiger partial charge is 0.278 e. The second-order valence-corrected chi connectivity index (χ2v) is 7.82. The molecule has 0 aromatic heterocycles. The number of anilines is 1. The maximum absolute atomic E-state index is 13.1. The summed E-state index contributed by atoms with van der Waals surface area (Å²) in [6, 6.07) is 5.55. The van der Waals surface area contributed by atoms with Crippen LogP contribution in [-0.4, -0.2) is 47.4 Å². The third kappa shape index (κ3) is 3.77. The predicted octanol–water partition coefficient (Wildman–Crippen LogP) is 1.85. The second-order valence-electron chi connectivity index (χ2n) is 7.82. The highest BCUT2D eigenvalue weighted by Gasteiger charge is 2.49. The molecule has 0 spiro atoms. The van der Waals surface area contributed by atoms with Crippen molar-refractivity contribution in [2.75, 3.05) is 18.4 Å². The Morgan fingerprint density at radius 3 is 2.59 bits per heavy atom. The van der Waals surface area contributed by atoms with E-state index in [2.05, 4.69) is 10.6 Å². The Morgan fingerprint density at radius 1 is 1.30 bits per heavy atom. The quantitative estimate of drug-likeness (QED) is 0.792. The molecule has 1 saturated heterocycles. The van der Waals surface area contributed by atoms with Crippen molar-refractivity contribution in [2.45, 2.75) is 52.2 Å². The normalized spacial score (nSPS) is 22.7. The number of fused-ring (bicyclic) bond motifs is 1. The van der Waals surface area contributed by atoms with Crippen molar-refractivity contribution in [3.05, 3.63) is 23.8 Å². The first kappa shape index (κ1) is 19.2. The maximum Gasteiger partial charge on any atom is 0.278 e. The number of rotatable bonds is 3. The van der Waals surface area contributed by atoms with Crippen LogP contribution in [0.1, 0.15) is 39.2 Å². The lowest BCUT2D eigenvalue weighted by Crippen LogP contribution is -2.61. The van der Waals surface area contributed by atoms with E-state index in [1.54, 1.807) is 11.0 Å². The molecule has 146 valence electrons. The molecule has 2 N–H and O–H groups in total. The first-order valence-electron chi connectivity index (χ1n) is 9.41. The monoisotopic (exact) mass is 373 g/mol. The van der Waals surface area contributed by atoms with Gasteiger partial charge in [0.15, 0.2) is 0 Å². The highest BCUT2D eigenvalue weighted by molar-refractivity contribution is 6.15. The van der Waals surface area contributed by atoms with Gasteiger partial charge in [0.25, 0.3) is 17.4 Å². The number of ether oxygens (including phenoxy) is 1. The van der Waals surface area contributed by atoms with Crippen LogP contribution in [0.25, 0.3) is 0 Å². The lowest BCUT2D eigenvalue weighted by Gasteiger charge is -2.39. The standard InChI is InChI=1S/C20H27N3O4/c1-12(2)21-17(24)14-7-9-23(10-8-14)19(26)20(4)18(25)22-15-11-13(3)5-6-16(15)27-20/h5-6,11-12,14H,7-10H2,1-4H3,(H,21,24)(H,22,25). The lowest BCUT2D eigenvalue weighted by atomic mass is 9.93. The van der Waals surface area contributed by atoms with E-state index >= 15 is 0 Å². The van der Waals surface area contributed by atoms with Gasteiger partial charge in [-0.05, 0) is 58.2 Å². The van der Waals surface area contributed by atoms with E-state index in [9.17, 15) is 14.4 Å². The minimum atomic E-state index is -1.60. The van der Waals surface area contributed by atoms with Gasteiger partial charge in [-0.2, -0.15) is 0 Å². The zero-order valence-electron chi connectivity index (χ0n) is 16.3. The van der Waals surface area contributed by atoms with Crippen molar-refractivity contribution in [1.29, 1.82) is 0 Å². The first-order valence-corrected chi connectivity index (χ1v) is 9.41. The molecule has 2 aliphatic rings. The van der Waals surface area contributed by atoms with Gasteiger partial charge < -0.3 is 20.3 Å². The Labute approximate surface area is 159 Å². The third-order valence-corrected chi connectivity index (χ3v) is 5.12. The van der Waals surface area contributed by atoms with Crippen LogP contribution in [-0.2, 0) is 14.4 Å². The molecular weight excluding hydrogens is 346 g/mol. The summed E-state index contributed by atoms with van der Waals surface area (Å²) >= 11 is 0. The van der Waals surface area contributed by atoms with E-state index in [-0.39, 0.29) is 23.8 Å². The summed E-state index contributed by atoms with van der Waals surface area (Å²) < 4.78 is 5.85. The number of nitrogens with zero attached hydrogens (tertiary/aromatic N) is 1. The molecule has 27 heavy (non-hydrogen) atoms. The van der Waals surface area contributed by atoms with Crippen molar-refractivity contribution in [3.63, 3.8) is 0 Å². The molecule has 7 nitrogen and oxygen atoms in total. The topological polar surface area (TPSA) is 87.7 Å². The van der Waals surface area contributed by atoms with Crippen molar-refractivity contribution >= 4 is 23.4 Å². The average molecular weight is 373 g/mol. The summed E-state index contributed by atoms with van der Waals surface area (Å²) in [7, 11) is 0. The molecule has 0 bridgehead atoms. The fourth-order valence-electron chi connectivity index (χ4n) is 3.53. The summed E-state index contributed by atoms with van der Waals surface area (Å²) in [5, 5.41) is 5.70. The van der Waals surface area contributed by atoms with Crippen LogP contribution in [0, 0.1) is 12.8 Å². The molecule has 7 heteroatoms. The molecule has 2 heterocycles. The summed E-state index contributed by atoms with van der Waals surface area (Å²) in [6.45, 7) is 8.14. The van der Waals surface area contributed by atoms with Gasteiger partial charge >= 0.3 is 0 Å². The van der Waals surface area contributed by atoms with Gasteiger partial charge in [-0.15, -0.1) is 0 Å². The Hall–Kier alpha value is -2.57. The lowest BCUT2D eigenvalue weighted by molar-refractivity contribution is -0.156. The molecule has 3 amide bonds. The molecular formula is C20H27N3O4. The largest absolute Gasteiger partial charge is 0.466 e. The molecule has 0 saturated carbocycles. The average Bonchev–Trinajstić information content (AvgIpc) is 2.62. The number of piperidine rings is 1. The van der Waals surface area contributed by atoms with E-state index in [4.69, 9.17) is 4.74 Å². The Bertz CT molecular complexity index is 768. The zero-order valence-corrected chi connectivity index (χ0v) is 16.3. The van der Waals surface area contributed by atoms with E-state index in [1.165, 1.54) is 6.92 Å². The van der Waals surface area contributed by atoms with Gasteiger partial charge in [-0.3, -0.25) is 14.4 Å². The van der Waals surface area contributed by atoms with Crippen LogP contribution in [0.2, 0.25) is 0 Å². The van der Waals surface area contributed by atoms with Crippen molar-refractivity contribution in [3.8, 4) is 5.75 Å². The van der Waals surface area contributed by atoms with Crippen LogP contribution in [0.15, 0.2) is 18.2 Å². The van der Waals surface area contributed by atoms with Crippen LogP contribution in [0.5, 0.6) is 5.75 Å². The van der Waals surface area contributed by atoms with Gasteiger partial charge in [0.2, 0.25) is 5.91 Å². The van der Waals surface area contributed by atoms with Gasteiger partial charge in [0.1, 0.15) is 5.75 Å². The van der Waals surface area contributed by atoms with Crippen LogP contribution >= 0.6 is 0 Å². The predicted molar refractivity (Wildman–Crippen MR) is 101 cm³/mol. The number of aryl methyl sites for hydroxylation is 1. The zero-order chi connectivity index (χ0) is 19.8. The highest BCUT2D eigenvalue weighted by Crippen LogP contribution is 2.35. The van der Waals surface area contributed by atoms with Crippen molar-refractivity contribution in [1.82, 2.24) is 10.2 Å². The number of hydrogen-bond acceptors (Lipinski definition) is 4. The summed E-state index contributed by atoms with van der Waals surface area (Å²) in [6.07, 6.45) is 1.16. The molecule has 1 unspecified atom stereocenters. The molecule has 0 aliphatic carbocycles. The highest BCUT2D eigenvalue weighted by atomic mass is 16.5. The fourth-order valence-corrected chi connectivity index (χ4v) is 3.53. The van der Waals surface area contributed by atoms with Crippen LogP contribution in [0.4, 0.5) is 5.69 Å². The number of hydrogen-bond donors (Lipinski definition) is 2. The molecule has 3 rings (SSSR count). The van der Waals surface area contributed by atoms with Gasteiger partial charge in [-0.1, -0.05) is 6.07 Å². The number of likely N-dealkylation sites (tertiary alicyclic amines) is 1. The minimum absolute atomic E-state index is 0.0271. The van der Waals surface area contributed by atoms with Crippen LogP contribution < -0.4 is 15.4 Å². The number of nitrogens with one attached hydrogen (secondary N) is 2. The third-order valence-electron chi connectivity index (χ3n) is 5.12. The molecule has 2 aliphatic heterocycles. The van der Waals surface area contributed by atoms with E-state index < -0.39 is 11.5 Å². The van der Waals surface area contributed by atoms with Crippen LogP contribution in [0.3, 0.4) is 0 Å². The number of carbonyl (C=O) groups excluding carboxylic acids is 3. The Balaban J connectivity index is 1.68. The number of amides is 3. The van der Waals surface area contributed by atoms with Crippen molar-refractivity contribution < 1.29 is 19.1 Å². The van der Waals surface area contributed by atoms with Gasteiger partial charge in [0, 0.05) is 25.0 Å². The van der Waals surface area contributed by atoms with E-state index in [1.807, 2.05) is 32.9 Å². The molecule has 1 aromatic carbocycles.